The first-order valence-corrected chi connectivity index (χ1v) is 7.04. The molecule has 1 aliphatic heterocycles. The number of methoxy groups -OCH3 is 1. The van der Waals surface area contributed by atoms with Crippen molar-refractivity contribution in [1.82, 2.24) is 4.90 Å². The Morgan fingerprint density at radius 3 is 2.84 bits per heavy atom. The summed E-state index contributed by atoms with van der Waals surface area (Å²) in [4.78, 5) is 14.7. The summed E-state index contributed by atoms with van der Waals surface area (Å²) < 4.78 is 5.30. The van der Waals surface area contributed by atoms with Gasteiger partial charge in [-0.25, -0.2) is 0 Å². The normalized spacial score (nSPS) is 24.2. The molecule has 1 aliphatic rings. The monoisotopic (exact) mass is 261 g/mol. The number of nitrogens with zero attached hydrogens (tertiary/aromatic N) is 1. The third-order valence-corrected chi connectivity index (χ3v) is 4.33. The van der Waals surface area contributed by atoms with Gasteiger partial charge >= 0.3 is 0 Å². The molecule has 3 nitrogen and oxygen atoms in total. The van der Waals surface area contributed by atoms with E-state index >= 15 is 0 Å². The highest BCUT2D eigenvalue weighted by Gasteiger charge is 2.41. The number of hydrogen-bond donors (Lipinski definition) is 0. The molecule has 1 aromatic rings. The molecule has 0 aliphatic carbocycles. The molecule has 0 bridgehead atoms. The van der Waals surface area contributed by atoms with Crippen LogP contribution in [0.5, 0.6) is 5.75 Å². The van der Waals surface area contributed by atoms with Crippen molar-refractivity contribution in [2.75, 3.05) is 20.7 Å². The van der Waals surface area contributed by atoms with E-state index in [1.807, 2.05) is 30.1 Å². The number of ether oxygens (including phenoxy) is 1. The van der Waals surface area contributed by atoms with Crippen molar-refractivity contribution in [2.45, 2.75) is 38.0 Å². The van der Waals surface area contributed by atoms with Crippen molar-refractivity contribution >= 4 is 5.91 Å². The first kappa shape index (κ1) is 13.9. The van der Waals surface area contributed by atoms with Gasteiger partial charge in [0.25, 0.3) is 0 Å². The average molecular weight is 261 g/mol. The van der Waals surface area contributed by atoms with Crippen LogP contribution in [0.4, 0.5) is 0 Å². The maximum Gasteiger partial charge on any atom is 0.232 e. The smallest absolute Gasteiger partial charge is 0.232 e. The molecule has 2 rings (SSSR count). The minimum Gasteiger partial charge on any atom is -0.497 e. The molecule has 19 heavy (non-hydrogen) atoms. The maximum absolute atomic E-state index is 12.8. The number of benzene rings is 1. The average Bonchev–Trinajstić information content (AvgIpc) is 2.60. The predicted octanol–water partition coefficient (Wildman–Crippen LogP) is 2.99. The van der Waals surface area contributed by atoms with Crippen molar-refractivity contribution in [3.8, 4) is 5.75 Å². The van der Waals surface area contributed by atoms with Crippen molar-refractivity contribution in [2.24, 2.45) is 0 Å². The molecule has 3 heteroatoms. The highest BCUT2D eigenvalue weighted by atomic mass is 16.5. The molecule has 104 valence electrons. The molecule has 1 atom stereocenters. The van der Waals surface area contributed by atoms with E-state index in [-0.39, 0.29) is 11.3 Å². The SMILES string of the molecule is CC[C@]1(c2cccc(OC)c2)CCCCN(C)C1=O. The molecule has 1 heterocycles. The molecule has 0 aromatic heterocycles. The lowest BCUT2D eigenvalue weighted by molar-refractivity contribution is -0.135. The van der Waals surface area contributed by atoms with Gasteiger partial charge in [-0.15, -0.1) is 0 Å². The minimum absolute atomic E-state index is 0.251. The highest BCUT2D eigenvalue weighted by molar-refractivity contribution is 5.88. The Hall–Kier alpha value is -1.51. The molecule has 0 N–H and O–H groups in total. The number of amides is 1. The molecule has 0 saturated carbocycles. The van der Waals surface area contributed by atoms with E-state index in [4.69, 9.17) is 4.74 Å². The van der Waals surface area contributed by atoms with E-state index in [1.165, 1.54) is 0 Å². The van der Waals surface area contributed by atoms with Crippen LogP contribution in [0.2, 0.25) is 0 Å². The second-order valence-electron chi connectivity index (χ2n) is 5.35. The summed E-state index contributed by atoms with van der Waals surface area (Å²) in [5.41, 5.74) is 0.716. The largest absolute Gasteiger partial charge is 0.497 e. The molecule has 0 unspecified atom stereocenters. The Morgan fingerprint density at radius 2 is 2.16 bits per heavy atom. The van der Waals surface area contributed by atoms with E-state index in [1.54, 1.807) is 7.11 Å². The van der Waals surface area contributed by atoms with Crippen LogP contribution in [-0.2, 0) is 10.2 Å². The van der Waals surface area contributed by atoms with Gasteiger partial charge in [0.2, 0.25) is 5.91 Å². The van der Waals surface area contributed by atoms with Crippen molar-refractivity contribution in [3.05, 3.63) is 29.8 Å². The van der Waals surface area contributed by atoms with Crippen LogP contribution >= 0.6 is 0 Å². The summed E-state index contributed by atoms with van der Waals surface area (Å²) in [6.45, 7) is 2.97. The van der Waals surface area contributed by atoms with E-state index in [2.05, 4.69) is 13.0 Å². The van der Waals surface area contributed by atoms with Crippen molar-refractivity contribution < 1.29 is 9.53 Å². The van der Waals surface area contributed by atoms with Gasteiger partial charge in [0, 0.05) is 13.6 Å². The fourth-order valence-corrected chi connectivity index (χ4v) is 3.07. The Labute approximate surface area is 115 Å². The van der Waals surface area contributed by atoms with Gasteiger partial charge in [-0.2, -0.15) is 0 Å². The van der Waals surface area contributed by atoms with Crippen LogP contribution in [-0.4, -0.2) is 31.5 Å². The minimum atomic E-state index is -0.375. The number of rotatable bonds is 3. The first-order valence-electron chi connectivity index (χ1n) is 7.04. The molecule has 0 radical (unpaired) electrons. The highest BCUT2D eigenvalue weighted by Crippen LogP contribution is 2.38. The Morgan fingerprint density at radius 1 is 1.37 bits per heavy atom. The molecule has 1 fully saturated rings. The fraction of sp³-hybridized carbons (Fsp3) is 0.562. The number of hydrogen-bond acceptors (Lipinski definition) is 2. The Kier molecular flexibility index (Phi) is 4.13. The van der Waals surface area contributed by atoms with E-state index < -0.39 is 0 Å². The molecule has 1 amide bonds. The predicted molar refractivity (Wildman–Crippen MR) is 76.5 cm³/mol. The second kappa shape index (κ2) is 5.64. The van der Waals surface area contributed by atoms with E-state index in [0.717, 1.165) is 43.5 Å². The molecular formula is C16H23NO2. The Balaban J connectivity index is 2.47. The zero-order chi connectivity index (χ0) is 13.9. The van der Waals surface area contributed by atoms with Gasteiger partial charge in [-0.3, -0.25) is 4.79 Å². The van der Waals surface area contributed by atoms with Crippen LogP contribution in [0.25, 0.3) is 0 Å². The quantitative estimate of drug-likeness (QED) is 0.837. The van der Waals surface area contributed by atoms with Gasteiger partial charge in [0.15, 0.2) is 0 Å². The van der Waals surface area contributed by atoms with E-state index in [9.17, 15) is 4.79 Å². The molecule has 1 saturated heterocycles. The second-order valence-corrected chi connectivity index (χ2v) is 5.35. The maximum atomic E-state index is 12.8. The van der Waals surface area contributed by atoms with Crippen molar-refractivity contribution in [3.63, 3.8) is 0 Å². The summed E-state index contributed by atoms with van der Waals surface area (Å²) in [6, 6.07) is 7.98. The topological polar surface area (TPSA) is 29.5 Å². The lowest BCUT2D eigenvalue weighted by Gasteiger charge is -2.33. The summed E-state index contributed by atoms with van der Waals surface area (Å²) in [5.74, 6) is 1.07. The van der Waals surface area contributed by atoms with Gasteiger partial charge < -0.3 is 9.64 Å². The zero-order valence-electron chi connectivity index (χ0n) is 12.1. The summed E-state index contributed by atoms with van der Waals surface area (Å²) in [6.07, 6.45) is 3.96. The number of likely N-dealkylation sites (tertiary alicyclic amines) is 1. The molecular weight excluding hydrogens is 238 g/mol. The first-order chi connectivity index (χ1) is 9.14. The third-order valence-electron chi connectivity index (χ3n) is 4.33. The Bertz CT molecular complexity index is 458. The summed E-state index contributed by atoms with van der Waals surface area (Å²) in [7, 11) is 3.58. The van der Waals surface area contributed by atoms with Crippen LogP contribution in [0, 0.1) is 0 Å². The number of likely N-dealkylation sites (N-methyl/N-ethyl adjacent to an activating group) is 1. The van der Waals surface area contributed by atoms with Crippen LogP contribution < -0.4 is 4.74 Å². The van der Waals surface area contributed by atoms with Gasteiger partial charge in [-0.1, -0.05) is 25.5 Å². The summed E-state index contributed by atoms with van der Waals surface area (Å²) in [5, 5.41) is 0. The number of carbonyl (C=O) groups is 1. The lowest BCUT2D eigenvalue weighted by Crippen LogP contribution is -2.43. The zero-order valence-corrected chi connectivity index (χ0v) is 12.1. The summed E-state index contributed by atoms with van der Waals surface area (Å²) >= 11 is 0. The van der Waals surface area contributed by atoms with Crippen LogP contribution in [0.15, 0.2) is 24.3 Å². The van der Waals surface area contributed by atoms with Crippen molar-refractivity contribution in [1.29, 1.82) is 0 Å². The fourth-order valence-electron chi connectivity index (χ4n) is 3.07. The third kappa shape index (κ3) is 2.46. The van der Waals surface area contributed by atoms with E-state index in [0.29, 0.717) is 0 Å². The van der Waals surface area contributed by atoms with Crippen LogP contribution in [0.1, 0.15) is 38.2 Å². The van der Waals surface area contributed by atoms with Crippen LogP contribution in [0.3, 0.4) is 0 Å². The molecule has 0 spiro atoms. The molecule has 1 aromatic carbocycles. The van der Waals surface area contributed by atoms with Gasteiger partial charge in [0.1, 0.15) is 5.75 Å². The van der Waals surface area contributed by atoms with Gasteiger partial charge in [0.05, 0.1) is 12.5 Å². The number of carbonyl (C=O) groups excluding carboxylic acids is 1. The standard InChI is InChI=1S/C16H23NO2/c1-4-16(10-5-6-11-17(2)15(16)18)13-8-7-9-14(12-13)19-3/h7-9,12H,4-6,10-11H2,1-3H3/t16-/m1/s1. The lowest BCUT2D eigenvalue weighted by atomic mass is 9.73. The van der Waals surface area contributed by atoms with Gasteiger partial charge in [-0.05, 0) is 37.0 Å².